The van der Waals surface area contributed by atoms with Gasteiger partial charge in [-0.25, -0.2) is 0 Å². The van der Waals surface area contributed by atoms with Crippen LogP contribution in [0.1, 0.15) is 73.4 Å². The van der Waals surface area contributed by atoms with E-state index in [1.54, 1.807) is 13.2 Å². The number of ether oxygens (including phenoxy) is 2. The van der Waals surface area contributed by atoms with E-state index in [2.05, 4.69) is 33.5 Å². The molecular weight excluding hydrogens is 544 g/mol. The minimum atomic E-state index is -1.60. The van der Waals surface area contributed by atoms with Crippen molar-refractivity contribution in [3.8, 4) is 5.75 Å². The average molecular weight is 584 g/mol. The normalized spacial score (nSPS) is 27.2. The number of benzene rings is 2. The van der Waals surface area contributed by atoms with Crippen molar-refractivity contribution in [3.63, 3.8) is 0 Å². The Bertz CT molecular complexity index is 1320. The Morgan fingerprint density at radius 1 is 1.12 bits per heavy atom. The molecule has 1 aliphatic carbocycles. The van der Waals surface area contributed by atoms with Gasteiger partial charge in [0.15, 0.2) is 0 Å². The minimum absolute atomic E-state index is 0.0422. The van der Waals surface area contributed by atoms with Gasteiger partial charge in [0.2, 0.25) is 0 Å². The zero-order chi connectivity index (χ0) is 28.1. The Labute approximate surface area is 245 Å². The third kappa shape index (κ3) is 6.75. The van der Waals surface area contributed by atoms with Crippen LogP contribution in [0, 0.1) is 11.8 Å². The van der Waals surface area contributed by atoms with Crippen LogP contribution in [0.3, 0.4) is 0 Å². The number of fused-ring (bicyclic) bond motifs is 3. The number of rotatable bonds is 2. The largest absolute Gasteiger partial charge is 0.491 e. The van der Waals surface area contributed by atoms with E-state index in [1.807, 2.05) is 25.1 Å². The molecule has 1 fully saturated rings. The third-order valence-corrected chi connectivity index (χ3v) is 10.4. The molecule has 1 amide bonds. The summed E-state index contributed by atoms with van der Waals surface area (Å²) in [6.07, 6.45) is 11.7. The van der Waals surface area contributed by atoms with Crippen LogP contribution in [-0.4, -0.2) is 37.5 Å². The number of methoxy groups -OCH3 is 1. The van der Waals surface area contributed by atoms with Gasteiger partial charge < -0.3 is 22.9 Å². The van der Waals surface area contributed by atoms with E-state index in [0.717, 1.165) is 68.0 Å². The molecule has 216 valence electrons. The van der Waals surface area contributed by atoms with Crippen molar-refractivity contribution < 1.29 is 18.5 Å². The van der Waals surface area contributed by atoms with Crippen molar-refractivity contribution >= 4 is 33.8 Å². The van der Waals surface area contributed by atoms with Crippen LogP contribution in [0.4, 0.5) is 5.69 Å². The molecule has 2 aromatic rings. The number of nitrogens with zero attached hydrogens (tertiary/aromatic N) is 2. The Balaban J connectivity index is 1.61. The Morgan fingerprint density at radius 2 is 2.00 bits per heavy atom. The van der Waals surface area contributed by atoms with E-state index in [9.17, 15) is 9.00 Å². The first-order valence-corrected chi connectivity index (χ1v) is 16.2. The van der Waals surface area contributed by atoms with E-state index in [-0.39, 0.29) is 11.4 Å². The fourth-order valence-electron chi connectivity index (χ4n) is 6.16. The highest BCUT2D eigenvalue weighted by Gasteiger charge is 2.37. The molecule has 0 unspecified atom stereocenters. The Kier molecular flexibility index (Phi) is 9.87. The minimum Gasteiger partial charge on any atom is -0.491 e. The number of allylic oxidation sites excluding steroid dienone is 1. The van der Waals surface area contributed by atoms with Crippen LogP contribution in [0.2, 0.25) is 5.02 Å². The van der Waals surface area contributed by atoms with Gasteiger partial charge in [-0.3, -0.25) is 4.79 Å². The fourth-order valence-corrected chi connectivity index (χ4v) is 7.39. The molecule has 1 saturated carbocycles. The van der Waals surface area contributed by atoms with E-state index < -0.39 is 16.5 Å². The predicted molar refractivity (Wildman–Crippen MR) is 162 cm³/mol. The molecule has 0 spiro atoms. The Morgan fingerprint density at radius 3 is 2.77 bits per heavy atom. The quantitative estimate of drug-likeness (QED) is 0.270. The van der Waals surface area contributed by atoms with Gasteiger partial charge in [0.1, 0.15) is 5.75 Å². The average Bonchev–Trinajstić information content (AvgIpc) is 2.96. The number of aryl methyl sites for hydroxylation is 1. The molecule has 3 aliphatic rings. The molecule has 5 rings (SSSR count). The second-order valence-corrected chi connectivity index (χ2v) is 13.0. The van der Waals surface area contributed by atoms with Gasteiger partial charge >= 0.3 is 0 Å². The summed E-state index contributed by atoms with van der Waals surface area (Å²) < 4.78 is 29.5. The van der Waals surface area contributed by atoms with Crippen LogP contribution in [0.5, 0.6) is 5.75 Å². The summed E-state index contributed by atoms with van der Waals surface area (Å²) >= 11 is 6.41. The highest BCUT2D eigenvalue weighted by molar-refractivity contribution is 7.75. The van der Waals surface area contributed by atoms with Crippen LogP contribution in [0.25, 0.3) is 0 Å². The molecule has 0 radical (unpaired) electrons. The predicted octanol–water partition coefficient (Wildman–Crippen LogP) is 7.52. The lowest BCUT2D eigenvalue weighted by atomic mass is 9.70. The summed E-state index contributed by atoms with van der Waals surface area (Å²) in [5.74, 6) is 1.18. The maximum atomic E-state index is 13.3. The number of amides is 1. The number of anilines is 1. The molecule has 2 heterocycles. The standard InChI is InChI=1S/C32H40ClN2O4S/c1-3-27-9-4-5-10-30(38-2)28-15-12-25(28)21-35-20-24-11-14-26(33)18-22(24)8-6-7-17-39-31-16-13-23(19-29(31)35)32(36)34-40(27)37/h5,10-11,13-14,16,18-19,25,27-28,30H,3-4,6-9,12,15,17,20-21H2,1-2H3/q-1/b10-5+/t25-,27+,28+,30-/m0/s1. The van der Waals surface area contributed by atoms with Crippen molar-refractivity contribution in [1.29, 1.82) is 0 Å². The summed E-state index contributed by atoms with van der Waals surface area (Å²) in [5, 5.41) is 0.586. The van der Waals surface area contributed by atoms with Gasteiger partial charge in [-0.15, -0.1) is 0 Å². The summed E-state index contributed by atoms with van der Waals surface area (Å²) in [6, 6.07) is 11.7. The molecule has 40 heavy (non-hydrogen) atoms. The lowest BCUT2D eigenvalue weighted by Crippen LogP contribution is -2.43. The third-order valence-electron chi connectivity index (χ3n) is 8.69. The molecule has 8 heteroatoms. The van der Waals surface area contributed by atoms with E-state index >= 15 is 0 Å². The van der Waals surface area contributed by atoms with Gasteiger partial charge in [-0.2, -0.15) is 10.6 Å². The first kappa shape index (κ1) is 29.2. The lowest BCUT2D eigenvalue weighted by molar-refractivity contribution is 0.0134. The second-order valence-electron chi connectivity index (χ2n) is 11.2. The highest BCUT2D eigenvalue weighted by Crippen LogP contribution is 2.42. The second kappa shape index (κ2) is 13.5. The SMILES string of the molecule is CC[C@@H]1CC/C=C/[C@H](OC)[C@@H]2CC[C@H]2CN2Cc3ccc(Cl)cc3CCCCOc3ccc(cc32)C(=O)N=[S-]1=O. The van der Waals surface area contributed by atoms with Crippen molar-refractivity contribution in [2.75, 3.05) is 25.2 Å². The zero-order valence-electron chi connectivity index (χ0n) is 23.5. The van der Waals surface area contributed by atoms with Crippen molar-refractivity contribution in [2.45, 2.75) is 76.2 Å². The highest BCUT2D eigenvalue weighted by atomic mass is 35.5. The molecule has 6 nitrogen and oxygen atoms in total. The maximum absolute atomic E-state index is 13.3. The van der Waals surface area contributed by atoms with Crippen molar-refractivity contribution in [1.82, 2.24) is 0 Å². The van der Waals surface area contributed by atoms with Crippen LogP contribution in [0.15, 0.2) is 52.9 Å². The first-order valence-electron chi connectivity index (χ1n) is 14.6. The number of carbonyl (C=O) groups is 1. The monoisotopic (exact) mass is 583 g/mol. The molecule has 2 aliphatic heterocycles. The molecule has 0 N–H and O–H groups in total. The zero-order valence-corrected chi connectivity index (χ0v) is 25.1. The van der Waals surface area contributed by atoms with Crippen LogP contribution < -0.4 is 9.64 Å². The van der Waals surface area contributed by atoms with E-state index in [1.165, 1.54) is 11.1 Å². The van der Waals surface area contributed by atoms with E-state index in [4.69, 9.17) is 21.1 Å². The van der Waals surface area contributed by atoms with E-state index in [0.29, 0.717) is 37.0 Å². The smallest absolute Gasteiger partial charge is 0.254 e. The van der Waals surface area contributed by atoms with Gasteiger partial charge in [0, 0.05) is 30.8 Å². The summed E-state index contributed by atoms with van der Waals surface area (Å²) in [7, 11) is 0.195. The molecule has 2 bridgehead atoms. The number of hydrogen-bond donors (Lipinski definition) is 0. The summed E-state index contributed by atoms with van der Waals surface area (Å²) in [6.45, 7) is 4.09. The molecular formula is C32H40ClN2O4S-. The van der Waals surface area contributed by atoms with Gasteiger partial charge in [0.25, 0.3) is 5.91 Å². The van der Waals surface area contributed by atoms with Crippen molar-refractivity contribution in [3.05, 3.63) is 70.3 Å². The summed E-state index contributed by atoms with van der Waals surface area (Å²) in [4.78, 5) is 15.6. The van der Waals surface area contributed by atoms with Gasteiger partial charge in [-0.1, -0.05) is 54.8 Å². The topological polar surface area (TPSA) is 68.2 Å². The van der Waals surface area contributed by atoms with Crippen LogP contribution >= 0.6 is 11.6 Å². The Hall–Kier alpha value is -2.35. The van der Waals surface area contributed by atoms with Gasteiger partial charge in [0.05, 0.1) is 18.4 Å². The number of hydrogen-bond acceptors (Lipinski definition) is 6. The number of halogens is 1. The van der Waals surface area contributed by atoms with Crippen LogP contribution in [-0.2, 0) is 32.5 Å². The molecule has 0 aromatic heterocycles. The molecule has 0 saturated heterocycles. The van der Waals surface area contributed by atoms with Gasteiger partial charge in [-0.05, 0) is 91.8 Å². The summed E-state index contributed by atoms with van der Waals surface area (Å²) in [5.41, 5.74) is 3.81. The maximum Gasteiger partial charge on any atom is 0.254 e. The molecule has 4 atom stereocenters. The molecule has 2 aromatic carbocycles. The van der Waals surface area contributed by atoms with Crippen molar-refractivity contribution in [2.24, 2.45) is 16.2 Å². The first-order chi connectivity index (χ1) is 19.5. The fraction of sp³-hybridized carbons (Fsp3) is 0.531. The number of carbonyl (C=O) groups excluding carboxylic acids is 1. The lowest BCUT2D eigenvalue weighted by Gasteiger charge is -2.43.